The average Bonchev–Trinajstić information content (AvgIpc) is 2.37. The Balaban J connectivity index is 3.18. The van der Waals surface area contributed by atoms with Gasteiger partial charge in [-0.1, -0.05) is 0 Å². The molecule has 0 saturated carbocycles. The number of carbonyl (C=O) groups excluding carboxylic acids is 2. The molecule has 6 heteroatoms. The Morgan fingerprint density at radius 1 is 1.33 bits per heavy atom. The molecular formula is C12H12F2O4. The molecule has 0 aromatic heterocycles. The van der Waals surface area contributed by atoms with Crippen molar-refractivity contribution in [2.45, 2.75) is 13.3 Å². The van der Waals surface area contributed by atoms with Gasteiger partial charge < -0.3 is 9.47 Å². The fourth-order valence-corrected chi connectivity index (χ4v) is 1.36. The number of hydrogen-bond acceptors (Lipinski definition) is 4. The van der Waals surface area contributed by atoms with Gasteiger partial charge in [-0.2, -0.15) is 0 Å². The highest BCUT2D eigenvalue weighted by Crippen LogP contribution is 2.27. The molecule has 0 heterocycles. The highest BCUT2D eigenvalue weighted by molar-refractivity contribution is 6.41. The van der Waals surface area contributed by atoms with Crippen LogP contribution in [0.4, 0.5) is 8.78 Å². The summed E-state index contributed by atoms with van der Waals surface area (Å²) >= 11 is 0. The molecule has 0 fully saturated rings. The van der Waals surface area contributed by atoms with Crippen molar-refractivity contribution in [1.29, 1.82) is 0 Å². The van der Waals surface area contributed by atoms with Crippen LogP contribution in [0.2, 0.25) is 0 Å². The number of alkyl halides is 2. The fourth-order valence-electron chi connectivity index (χ4n) is 1.36. The second-order valence-corrected chi connectivity index (χ2v) is 3.30. The number of carbonyl (C=O) groups is 2. The highest BCUT2D eigenvalue weighted by Gasteiger charge is 2.25. The molecule has 1 aromatic carbocycles. The number of esters is 1. The van der Waals surface area contributed by atoms with E-state index in [-0.39, 0.29) is 12.4 Å². The Bertz CT molecular complexity index is 457. The molecule has 0 aliphatic rings. The van der Waals surface area contributed by atoms with Crippen LogP contribution in [0.3, 0.4) is 0 Å². The number of methoxy groups -OCH3 is 1. The second kappa shape index (κ2) is 6.09. The van der Waals surface area contributed by atoms with E-state index in [1.54, 1.807) is 0 Å². The summed E-state index contributed by atoms with van der Waals surface area (Å²) in [7, 11) is 1.33. The zero-order valence-corrected chi connectivity index (χ0v) is 9.91. The summed E-state index contributed by atoms with van der Waals surface area (Å²) in [5, 5.41) is 0. The van der Waals surface area contributed by atoms with Gasteiger partial charge >= 0.3 is 5.97 Å². The Morgan fingerprint density at radius 3 is 2.50 bits per heavy atom. The summed E-state index contributed by atoms with van der Waals surface area (Å²) in [6.07, 6.45) is -2.86. The van der Waals surface area contributed by atoms with Crippen LogP contribution in [-0.4, -0.2) is 25.5 Å². The predicted octanol–water partition coefficient (Wildman–Crippen LogP) is 2.38. The fraction of sp³-hybridized carbons (Fsp3) is 0.333. The topological polar surface area (TPSA) is 52.6 Å². The zero-order valence-electron chi connectivity index (χ0n) is 9.91. The standard InChI is InChI=1S/C12H12F2O4/c1-3-18-12(16)10(15)9-6-7(17-2)4-5-8(9)11(13)14/h4-6,11H,3H2,1-2H3. The summed E-state index contributed by atoms with van der Waals surface area (Å²) in [4.78, 5) is 22.9. The van der Waals surface area contributed by atoms with E-state index in [4.69, 9.17) is 4.74 Å². The molecule has 1 rings (SSSR count). The monoisotopic (exact) mass is 258 g/mol. The minimum atomic E-state index is -2.86. The molecule has 1 aromatic rings. The smallest absolute Gasteiger partial charge is 0.379 e. The number of ether oxygens (including phenoxy) is 2. The van der Waals surface area contributed by atoms with Gasteiger partial charge in [-0.15, -0.1) is 0 Å². The molecule has 4 nitrogen and oxygen atoms in total. The maximum Gasteiger partial charge on any atom is 0.379 e. The van der Waals surface area contributed by atoms with Gasteiger partial charge in [0, 0.05) is 11.1 Å². The van der Waals surface area contributed by atoms with Gasteiger partial charge in [0.1, 0.15) is 5.75 Å². The first-order chi connectivity index (χ1) is 8.51. The van der Waals surface area contributed by atoms with Crippen LogP contribution in [0.1, 0.15) is 29.3 Å². The van der Waals surface area contributed by atoms with Crippen molar-refractivity contribution < 1.29 is 27.8 Å². The van der Waals surface area contributed by atoms with Crippen molar-refractivity contribution in [2.24, 2.45) is 0 Å². The number of hydrogen-bond donors (Lipinski definition) is 0. The minimum absolute atomic E-state index is 0.00143. The van der Waals surface area contributed by atoms with E-state index >= 15 is 0 Å². The molecule has 0 spiro atoms. The zero-order chi connectivity index (χ0) is 13.7. The second-order valence-electron chi connectivity index (χ2n) is 3.30. The maximum absolute atomic E-state index is 12.7. The first-order valence-electron chi connectivity index (χ1n) is 5.18. The third-order valence-corrected chi connectivity index (χ3v) is 2.20. The molecule has 0 radical (unpaired) electrons. The molecule has 0 aliphatic carbocycles. The van der Waals surface area contributed by atoms with Crippen LogP contribution in [0, 0.1) is 0 Å². The van der Waals surface area contributed by atoms with Crippen LogP contribution >= 0.6 is 0 Å². The number of benzene rings is 1. The van der Waals surface area contributed by atoms with Gasteiger partial charge in [-0.25, -0.2) is 13.6 Å². The van der Waals surface area contributed by atoms with E-state index in [9.17, 15) is 18.4 Å². The predicted molar refractivity (Wildman–Crippen MR) is 58.9 cm³/mol. The first-order valence-corrected chi connectivity index (χ1v) is 5.18. The van der Waals surface area contributed by atoms with Gasteiger partial charge in [-0.3, -0.25) is 4.79 Å². The summed E-state index contributed by atoms with van der Waals surface area (Å²) in [5.41, 5.74) is -0.920. The van der Waals surface area contributed by atoms with Crippen LogP contribution in [0.15, 0.2) is 18.2 Å². The van der Waals surface area contributed by atoms with Crippen LogP contribution in [-0.2, 0) is 9.53 Å². The van der Waals surface area contributed by atoms with Crippen molar-refractivity contribution in [3.8, 4) is 5.75 Å². The van der Waals surface area contributed by atoms with Crippen molar-refractivity contribution >= 4 is 11.8 Å². The average molecular weight is 258 g/mol. The number of ketones is 1. The van der Waals surface area contributed by atoms with Gasteiger partial charge in [0.15, 0.2) is 0 Å². The molecule has 98 valence electrons. The Kier molecular flexibility index (Phi) is 4.76. The Morgan fingerprint density at radius 2 is 2.00 bits per heavy atom. The Hall–Kier alpha value is -1.98. The summed E-state index contributed by atoms with van der Waals surface area (Å²) in [5.74, 6) is -2.05. The number of rotatable bonds is 5. The lowest BCUT2D eigenvalue weighted by Crippen LogP contribution is -2.19. The first kappa shape index (κ1) is 14.1. The van der Waals surface area contributed by atoms with Crippen LogP contribution in [0.25, 0.3) is 0 Å². The molecule has 0 amide bonds. The quantitative estimate of drug-likeness (QED) is 0.462. The molecule has 0 aliphatic heterocycles. The van der Waals surface area contributed by atoms with Gasteiger partial charge in [-0.05, 0) is 25.1 Å². The van der Waals surface area contributed by atoms with E-state index in [2.05, 4.69) is 4.74 Å². The Labute approximate surface area is 103 Å². The third kappa shape index (κ3) is 3.03. The van der Waals surface area contributed by atoms with Crippen molar-refractivity contribution in [3.63, 3.8) is 0 Å². The normalized spacial score (nSPS) is 10.3. The van der Waals surface area contributed by atoms with E-state index in [0.29, 0.717) is 0 Å². The maximum atomic E-state index is 12.7. The molecule has 0 atom stereocenters. The number of Topliss-reactive ketones (excluding diaryl/α,β-unsaturated/α-hetero) is 1. The molecule has 18 heavy (non-hydrogen) atoms. The molecule has 0 unspecified atom stereocenters. The SMILES string of the molecule is CCOC(=O)C(=O)c1cc(OC)ccc1C(F)F. The van der Waals surface area contributed by atoms with E-state index in [1.165, 1.54) is 20.1 Å². The van der Waals surface area contributed by atoms with Crippen molar-refractivity contribution in [3.05, 3.63) is 29.3 Å². The minimum Gasteiger partial charge on any atom is -0.497 e. The lowest BCUT2D eigenvalue weighted by molar-refractivity contribution is -0.137. The van der Waals surface area contributed by atoms with Gasteiger partial charge in [0.25, 0.3) is 12.2 Å². The largest absolute Gasteiger partial charge is 0.497 e. The summed E-state index contributed by atoms with van der Waals surface area (Å²) < 4.78 is 34.8. The molecule has 0 bridgehead atoms. The van der Waals surface area contributed by atoms with Crippen molar-refractivity contribution in [2.75, 3.05) is 13.7 Å². The molecule has 0 saturated heterocycles. The van der Waals surface area contributed by atoms with Crippen molar-refractivity contribution in [1.82, 2.24) is 0 Å². The van der Waals surface area contributed by atoms with Gasteiger partial charge in [0.2, 0.25) is 0 Å². The van der Waals surface area contributed by atoms with E-state index in [0.717, 1.165) is 12.1 Å². The van der Waals surface area contributed by atoms with Crippen LogP contribution < -0.4 is 4.74 Å². The lowest BCUT2D eigenvalue weighted by Gasteiger charge is -2.09. The van der Waals surface area contributed by atoms with E-state index in [1.807, 2.05) is 0 Å². The molecule has 0 N–H and O–H groups in total. The van der Waals surface area contributed by atoms with Gasteiger partial charge in [0.05, 0.1) is 13.7 Å². The molecular weight excluding hydrogens is 246 g/mol. The highest BCUT2D eigenvalue weighted by atomic mass is 19.3. The number of halogens is 2. The lowest BCUT2D eigenvalue weighted by atomic mass is 10.0. The summed E-state index contributed by atoms with van der Waals surface area (Å²) in [6.45, 7) is 1.52. The van der Waals surface area contributed by atoms with Crippen LogP contribution in [0.5, 0.6) is 5.75 Å². The summed E-state index contributed by atoms with van der Waals surface area (Å²) in [6, 6.07) is 3.44. The third-order valence-electron chi connectivity index (χ3n) is 2.20. The van der Waals surface area contributed by atoms with E-state index < -0.39 is 29.3 Å².